The van der Waals surface area contributed by atoms with E-state index in [1.54, 1.807) is 0 Å². The van der Waals surface area contributed by atoms with Crippen molar-refractivity contribution in [3.63, 3.8) is 0 Å². The molecule has 5 aliphatic rings. The van der Waals surface area contributed by atoms with E-state index in [0.29, 0.717) is 23.7 Å². The molecule has 4 aromatic rings. The Bertz CT molecular complexity index is 1900. The van der Waals surface area contributed by atoms with Crippen molar-refractivity contribution in [2.24, 2.45) is 11.8 Å². The van der Waals surface area contributed by atoms with Crippen molar-refractivity contribution >= 4 is 0 Å². The van der Waals surface area contributed by atoms with Gasteiger partial charge < -0.3 is 24.2 Å². The number of nitrogens with zero attached hydrogens (tertiary/aromatic N) is 1. The molecule has 0 radical (unpaired) electrons. The topological polar surface area (TPSA) is 51.2 Å². The molecule has 60 heavy (non-hydrogen) atoms. The molecule has 0 saturated carbocycles. The highest BCUT2D eigenvalue weighted by Crippen LogP contribution is 2.37. The third kappa shape index (κ3) is 12.7. The van der Waals surface area contributed by atoms with Crippen molar-refractivity contribution in [2.45, 2.75) is 158 Å². The van der Waals surface area contributed by atoms with Crippen LogP contribution in [-0.4, -0.2) is 43.4 Å². The summed E-state index contributed by atoms with van der Waals surface area (Å²) in [4.78, 5) is 2.45. The highest BCUT2D eigenvalue weighted by atomic mass is 16.5. The lowest BCUT2D eigenvalue weighted by atomic mass is 9.88. The molecule has 0 aromatic heterocycles. The van der Waals surface area contributed by atoms with E-state index >= 15 is 0 Å². The molecule has 1 fully saturated rings. The van der Waals surface area contributed by atoms with Gasteiger partial charge in [-0.2, -0.15) is 0 Å². The molecule has 2 unspecified atom stereocenters. The van der Waals surface area contributed by atoms with Gasteiger partial charge in [0.05, 0.1) is 32.5 Å². The van der Waals surface area contributed by atoms with Crippen molar-refractivity contribution in [1.29, 1.82) is 0 Å². The van der Waals surface area contributed by atoms with Crippen molar-refractivity contribution in [3.8, 4) is 11.5 Å². The lowest BCUT2D eigenvalue weighted by molar-refractivity contribution is 0.134. The number of benzene rings is 4. The number of ether oxygens (including phenoxy) is 3. The Hall–Kier alpha value is -3.64. The van der Waals surface area contributed by atoms with Crippen LogP contribution in [0.25, 0.3) is 0 Å². The molecule has 0 spiro atoms. The number of aryl methyl sites for hydroxylation is 1. The predicted molar refractivity (Wildman–Crippen MR) is 252 cm³/mol. The Morgan fingerprint density at radius 2 is 1.28 bits per heavy atom. The number of hydrogen-bond acceptors (Lipinski definition) is 5. The van der Waals surface area contributed by atoms with Crippen molar-refractivity contribution in [3.05, 3.63) is 128 Å². The first-order valence-corrected chi connectivity index (χ1v) is 23.3. The Kier molecular flexibility index (Phi) is 17.7. The first-order chi connectivity index (χ1) is 28.6. The van der Waals surface area contributed by atoms with E-state index in [9.17, 15) is 5.11 Å². The summed E-state index contributed by atoms with van der Waals surface area (Å²) in [5.74, 6) is 6.42. The lowest BCUT2D eigenvalue weighted by Gasteiger charge is -2.31. The predicted octanol–water partition coefficient (Wildman–Crippen LogP) is 13.4. The molecule has 1 saturated heterocycles. The van der Waals surface area contributed by atoms with Crippen LogP contribution >= 0.6 is 0 Å². The summed E-state index contributed by atoms with van der Waals surface area (Å²) in [5, 5.41) is 9.81. The van der Waals surface area contributed by atoms with Gasteiger partial charge in [-0.1, -0.05) is 129 Å². The fraction of sp³-hybridized carbons (Fsp3) is 0.564. The molecule has 1 aliphatic carbocycles. The van der Waals surface area contributed by atoms with E-state index in [1.165, 1.54) is 87.1 Å². The summed E-state index contributed by atoms with van der Waals surface area (Å²) in [6.45, 7) is 30.5. The first kappa shape index (κ1) is 47.4. The van der Waals surface area contributed by atoms with E-state index in [0.717, 1.165) is 75.4 Å². The number of hydrogen-bond donors (Lipinski definition) is 1. The van der Waals surface area contributed by atoms with Gasteiger partial charge in [0.15, 0.2) is 0 Å². The normalized spacial score (nSPS) is 18.5. The quantitative estimate of drug-likeness (QED) is 0.217. The zero-order valence-corrected chi connectivity index (χ0v) is 39.5. The number of likely N-dealkylation sites (tertiary alicyclic amines) is 1. The third-order valence-corrected chi connectivity index (χ3v) is 12.9. The summed E-state index contributed by atoms with van der Waals surface area (Å²) in [6, 6.07) is 23.8. The van der Waals surface area contributed by atoms with Gasteiger partial charge in [0.1, 0.15) is 11.5 Å². The van der Waals surface area contributed by atoms with Crippen LogP contribution in [0.4, 0.5) is 0 Å². The summed E-state index contributed by atoms with van der Waals surface area (Å²) in [5.41, 5.74) is 15.1. The van der Waals surface area contributed by atoms with Crippen LogP contribution in [0.2, 0.25) is 0 Å². The summed E-state index contributed by atoms with van der Waals surface area (Å²) in [7, 11) is 2.23. The second-order valence-corrected chi connectivity index (χ2v) is 19.4. The molecular weight excluding hydrogens is 739 g/mol. The van der Waals surface area contributed by atoms with Crippen LogP contribution < -0.4 is 9.47 Å². The fourth-order valence-electron chi connectivity index (χ4n) is 9.26. The zero-order valence-electron chi connectivity index (χ0n) is 39.5. The van der Waals surface area contributed by atoms with Gasteiger partial charge in [-0.05, 0) is 144 Å². The Balaban J connectivity index is 0.000000143. The van der Waals surface area contributed by atoms with Gasteiger partial charge in [-0.25, -0.2) is 0 Å². The van der Waals surface area contributed by atoms with Gasteiger partial charge in [0.2, 0.25) is 0 Å². The molecular formula is C55H79NO4. The summed E-state index contributed by atoms with van der Waals surface area (Å²) in [6.07, 6.45) is 6.74. The van der Waals surface area contributed by atoms with Crippen LogP contribution in [-0.2, 0) is 37.2 Å². The molecule has 2 atom stereocenters. The largest absolute Gasteiger partial charge is 0.493 e. The van der Waals surface area contributed by atoms with Gasteiger partial charge in [0.25, 0.3) is 0 Å². The molecule has 0 amide bonds. The minimum atomic E-state index is -0.220. The summed E-state index contributed by atoms with van der Waals surface area (Å²) < 4.78 is 16.4. The van der Waals surface area contributed by atoms with Crippen molar-refractivity contribution in [1.82, 2.24) is 4.90 Å². The number of piperidine rings is 1. The minimum Gasteiger partial charge on any atom is -0.493 e. The molecule has 1 N–H and O–H groups in total. The average Bonchev–Trinajstić information content (AvgIpc) is 4.05. The highest BCUT2D eigenvalue weighted by molar-refractivity contribution is 5.45. The van der Waals surface area contributed by atoms with Crippen molar-refractivity contribution in [2.75, 3.05) is 33.4 Å². The SMILES string of the molecule is CC(C)C1CCCN(C)C1.CC(C)c1ccc2c(c1)OCC2.CC(C)c1cccc2c1CCO2.CC(C)c1cccc2c1COC2.Cc1cc(C(C)C)c2c(c1)C(O)CC2. The minimum absolute atomic E-state index is 0.220. The van der Waals surface area contributed by atoms with E-state index in [1.807, 2.05) is 0 Å². The van der Waals surface area contributed by atoms with Gasteiger partial charge >= 0.3 is 0 Å². The van der Waals surface area contributed by atoms with E-state index in [-0.39, 0.29) is 6.10 Å². The smallest absolute Gasteiger partial charge is 0.122 e. The van der Waals surface area contributed by atoms with Crippen LogP contribution in [0.5, 0.6) is 11.5 Å². The molecule has 5 heteroatoms. The number of fused-ring (bicyclic) bond motifs is 4. The second kappa shape index (κ2) is 22.5. The van der Waals surface area contributed by atoms with Crippen LogP contribution in [0, 0.1) is 18.8 Å². The second-order valence-electron chi connectivity index (χ2n) is 19.4. The fourth-order valence-corrected chi connectivity index (χ4v) is 9.26. The van der Waals surface area contributed by atoms with Crippen LogP contribution in [0.15, 0.2) is 66.7 Å². The molecule has 328 valence electrons. The molecule has 4 aliphatic heterocycles. The van der Waals surface area contributed by atoms with Gasteiger partial charge in [-0.3, -0.25) is 0 Å². The Morgan fingerprint density at radius 3 is 1.93 bits per heavy atom. The monoisotopic (exact) mass is 818 g/mol. The molecule has 0 bridgehead atoms. The number of aliphatic hydroxyl groups excluding tert-OH is 1. The van der Waals surface area contributed by atoms with E-state index in [2.05, 4.69) is 155 Å². The maximum atomic E-state index is 9.81. The average molecular weight is 818 g/mol. The van der Waals surface area contributed by atoms with Gasteiger partial charge in [0, 0.05) is 24.9 Å². The third-order valence-electron chi connectivity index (χ3n) is 12.9. The maximum absolute atomic E-state index is 9.81. The molecule has 4 aromatic carbocycles. The number of aliphatic hydroxyl groups is 1. The van der Waals surface area contributed by atoms with Crippen molar-refractivity contribution < 1.29 is 19.3 Å². The number of rotatable bonds is 5. The van der Waals surface area contributed by atoms with Crippen LogP contribution in [0.1, 0.15) is 179 Å². The van der Waals surface area contributed by atoms with E-state index in [4.69, 9.17) is 14.2 Å². The molecule has 9 rings (SSSR count). The lowest BCUT2D eigenvalue weighted by Crippen LogP contribution is -2.34. The molecule has 5 nitrogen and oxygen atoms in total. The van der Waals surface area contributed by atoms with E-state index < -0.39 is 0 Å². The molecule has 4 heterocycles. The van der Waals surface area contributed by atoms with Crippen LogP contribution in [0.3, 0.4) is 0 Å². The zero-order chi connectivity index (χ0) is 43.5. The standard InChI is InChI=1S/C13H18O.3C11H14O.C9H19N/c1-8(2)11-6-9(3)7-12-10(11)4-5-13(12)14;1-8(2)10-4-3-9-5-6-12-11(9)7-10;1-8(2)10-5-3-4-9-6-12-7-11(9)10;1-8(2)9-4-3-5-11-10(9)6-7-12-11;1-8(2)9-5-4-6-10(3)7-9/h6-8,13-14H,4-5H2,1-3H3;3-4,7-8H,5-6H2,1-2H3;2*3-5,8H,6-7H2,1-2H3;8-9H,4-7H2,1-3H3. The Morgan fingerprint density at radius 1 is 0.617 bits per heavy atom. The first-order valence-electron chi connectivity index (χ1n) is 23.3. The van der Waals surface area contributed by atoms with Gasteiger partial charge in [-0.15, -0.1) is 0 Å². The Labute approximate surface area is 365 Å². The maximum Gasteiger partial charge on any atom is 0.122 e. The summed E-state index contributed by atoms with van der Waals surface area (Å²) >= 11 is 0. The highest BCUT2D eigenvalue weighted by Gasteiger charge is 2.24.